The standard InChI is InChI=1S/C14H14Cl2N2O5/c15-9-2-1-8(5-10(9)16)13(20)17-6-12(19)18-3-4-23-7-11(18)14(21)22/h1-2,5,11H,3-4,6-7H2,(H,17,20)(H,21,22). The highest BCUT2D eigenvalue weighted by atomic mass is 35.5. The predicted octanol–water partition coefficient (Wildman–Crippen LogP) is 1.04. The molecule has 0 aromatic heterocycles. The first-order valence-corrected chi connectivity index (χ1v) is 7.49. The molecule has 1 aliphatic rings. The second-order valence-electron chi connectivity index (χ2n) is 4.83. The number of aliphatic carboxylic acids is 1. The Morgan fingerprint density at radius 2 is 2.04 bits per heavy atom. The SMILES string of the molecule is O=C(NCC(=O)N1CCOCC1C(=O)O)c1ccc(Cl)c(Cl)c1. The molecule has 0 bridgehead atoms. The minimum absolute atomic E-state index is 0.0676. The first-order valence-electron chi connectivity index (χ1n) is 6.73. The van der Waals surface area contributed by atoms with Gasteiger partial charge in [-0.3, -0.25) is 9.59 Å². The summed E-state index contributed by atoms with van der Waals surface area (Å²) in [5, 5.41) is 12.1. The summed E-state index contributed by atoms with van der Waals surface area (Å²) in [6, 6.07) is 3.29. The lowest BCUT2D eigenvalue weighted by Crippen LogP contribution is -2.54. The second kappa shape index (κ2) is 7.63. The van der Waals surface area contributed by atoms with Crippen LogP contribution in [0.15, 0.2) is 18.2 Å². The molecule has 1 aromatic carbocycles. The zero-order valence-electron chi connectivity index (χ0n) is 11.9. The Morgan fingerprint density at radius 1 is 1.30 bits per heavy atom. The summed E-state index contributed by atoms with van der Waals surface area (Å²) in [4.78, 5) is 36.4. The lowest BCUT2D eigenvalue weighted by atomic mass is 10.2. The zero-order valence-corrected chi connectivity index (χ0v) is 13.4. The molecule has 2 rings (SSSR count). The molecule has 1 heterocycles. The molecule has 124 valence electrons. The van der Waals surface area contributed by atoms with E-state index in [9.17, 15) is 14.4 Å². The number of carbonyl (C=O) groups is 3. The van der Waals surface area contributed by atoms with Crippen molar-refractivity contribution in [2.75, 3.05) is 26.3 Å². The van der Waals surface area contributed by atoms with Gasteiger partial charge in [-0.05, 0) is 18.2 Å². The van der Waals surface area contributed by atoms with Gasteiger partial charge in [-0.15, -0.1) is 0 Å². The Kier molecular flexibility index (Phi) is 5.81. The largest absolute Gasteiger partial charge is 0.480 e. The van der Waals surface area contributed by atoms with Crippen molar-refractivity contribution in [3.8, 4) is 0 Å². The molecule has 1 saturated heterocycles. The average Bonchev–Trinajstić information content (AvgIpc) is 2.54. The number of carbonyl (C=O) groups excluding carboxylic acids is 2. The molecular formula is C14H14Cl2N2O5. The quantitative estimate of drug-likeness (QED) is 0.835. The minimum atomic E-state index is -1.14. The fourth-order valence-corrected chi connectivity index (χ4v) is 2.40. The van der Waals surface area contributed by atoms with Crippen LogP contribution in [-0.4, -0.2) is 60.1 Å². The summed E-state index contributed by atoms with van der Waals surface area (Å²) < 4.78 is 5.05. The summed E-state index contributed by atoms with van der Waals surface area (Å²) in [6.45, 7) is 0.0410. The van der Waals surface area contributed by atoms with E-state index in [1.54, 1.807) is 0 Å². The molecule has 1 aromatic rings. The van der Waals surface area contributed by atoms with Gasteiger partial charge in [-0.25, -0.2) is 4.79 Å². The predicted molar refractivity (Wildman–Crippen MR) is 82.8 cm³/mol. The zero-order chi connectivity index (χ0) is 17.0. The van der Waals surface area contributed by atoms with Gasteiger partial charge in [0, 0.05) is 12.1 Å². The van der Waals surface area contributed by atoms with Crippen molar-refractivity contribution >= 4 is 41.0 Å². The summed E-state index contributed by atoms with van der Waals surface area (Å²) in [5.41, 5.74) is 0.254. The number of morpholine rings is 1. The number of nitrogens with zero attached hydrogens (tertiary/aromatic N) is 1. The molecule has 7 nitrogen and oxygen atoms in total. The van der Waals surface area contributed by atoms with Gasteiger partial charge in [0.05, 0.1) is 29.8 Å². The summed E-state index contributed by atoms with van der Waals surface area (Å²) in [6.07, 6.45) is 0. The van der Waals surface area contributed by atoms with Gasteiger partial charge in [-0.1, -0.05) is 23.2 Å². The minimum Gasteiger partial charge on any atom is -0.480 e. The van der Waals surface area contributed by atoms with Crippen LogP contribution in [-0.2, 0) is 14.3 Å². The van der Waals surface area contributed by atoms with Gasteiger partial charge in [0.2, 0.25) is 5.91 Å². The van der Waals surface area contributed by atoms with Crippen molar-refractivity contribution in [2.45, 2.75) is 6.04 Å². The number of ether oxygens (including phenoxy) is 1. The Hall–Kier alpha value is -1.83. The summed E-state index contributed by atoms with van der Waals surface area (Å²) in [7, 11) is 0. The van der Waals surface area contributed by atoms with Crippen LogP contribution in [0, 0.1) is 0 Å². The van der Waals surface area contributed by atoms with E-state index in [4.69, 9.17) is 33.0 Å². The van der Waals surface area contributed by atoms with Crippen molar-refractivity contribution in [3.05, 3.63) is 33.8 Å². The van der Waals surface area contributed by atoms with Gasteiger partial charge < -0.3 is 20.1 Å². The van der Waals surface area contributed by atoms with E-state index in [0.29, 0.717) is 5.02 Å². The number of amides is 2. The number of hydrogen-bond acceptors (Lipinski definition) is 4. The average molecular weight is 361 g/mol. The van der Waals surface area contributed by atoms with E-state index < -0.39 is 23.8 Å². The van der Waals surface area contributed by atoms with Crippen molar-refractivity contribution in [1.29, 1.82) is 0 Å². The molecule has 23 heavy (non-hydrogen) atoms. The first kappa shape index (κ1) is 17.5. The maximum absolute atomic E-state index is 12.1. The number of carboxylic acid groups (broad SMARTS) is 1. The van der Waals surface area contributed by atoms with E-state index in [1.165, 1.54) is 23.1 Å². The van der Waals surface area contributed by atoms with E-state index in [-0.39, 0.29) is 36.9 Å². The number of carboxylic acids is 1. The molecule has 0 aliphatic carbocycles. The maximum Gasteiger partial charge on any atom is 0.328 e. The third-order valence-electron chi connectivity index (χ3n) is 3.32. The van der Waals surface area contributed by atoms with Crippen molar-refractivity contribution < 1.29 is 24.2 Å². The fraction of sp³-hybridized carbons (Fsp3) is 0.357. The Morgan fingerprint density at radius 3 is 2.70 bits per heavy atom. The summed E-state index contributed by atoms with van der Waals surface area (Å²) in [5.74, 6) is -2.14. The molecule has 2 amide bonds. The number of benzene rings is 1. The normalized spacial score (nSPS) is 17.7. The second-order valence-corrected chi connectivity index (χ2v) is 5.64. The van der Waals surface area contributed by atoms with Crippen molar-refractivity contribution in [2.24, 2.45) is 0 Å². The van der Waals surface area contributed by atoms with E-state index in [1.807, 2.05) is 0 Å². The van der Waals surface area contributed by atoms with Gasteiger partial charge in [0.15, 0.2) is 6.04 Å². The van der Waals surface area contributed by atoms with Gasteiger partial charge >= 0.3 is 5.97 Å². The highest BCUT2D eigenvalue weighted by Gasteiger charge is 2.32. The van der Waals surface area contributed by atoms with Crippen LogP contribution in [0.3, 0.4) is 0 Å². The van der Waals surface area contributed by atoms with Gasteiger partial charge in [0.1, 0.15) is 0 Å². The van der Waals surface area contributed by atoms with Crippen LogP contribution in [0.1, 0.15) is 10.4 Å². The lowest BCUT2D eigenvalue weighted by molar-refractivity contribution is -0.157. The van der Waals surface area contributed by atoms with Crippen LogP contribution < -0.4 is 5.32 Å². The molecular weight excluding hydrogens is 347 g/mol. The Balaban J connectivity index is 1.96. The topological polar surface area (TPSA) is 95.9 Å². The van der Waals surface area contributed by atoms with Crippen molar-refractivity contribution in [3.63, 3.8) is 0 Å². The third kappa shape index (κ3) is 4.34. The van der Waals surface area contributed by atoms with E-state index in [0.717, 1.165) is 0 Å². The number of halogens is 2. The van der Waals surface area contributed by atoms with E-state index >= 15 is 0 Å². The number of hydrogen-bond donors (Lipinski definition) is 2. The van der Waals surface area contributed by atoms with Crippen LogP contribution >= 0.6 is 23.2 Å². The molecule has 1 atom stereocenters. The highest BCUT2D eigenvalue weighted by Crippen LogP contribution is 2.22. The van der Waals surface area contributed by atoms with Crippen LogP contribution in [0.2, 0.25) is 10.0 Å². The number of rotatable bonds is 4. The Bertz CT molecular complexity index is 638. The smallest absolute Gasteiger partial charge is 0.328 e. The summed E-state index contributed by atoms with van der Waals surface area (Å²) >= 11 is 11.6. The van der Waals surface area contributed by atoms with Gasteiger partial charge in [-0.2, -0.15) is 0 Å². The Labute approximate surface area is 142 Å². The molecule has 2 N–H and O–H groups in total. The molecule has 1 unspecified atom stereocenters. The highest BCUT2D eigenvalue weighted by molar-refractivity contribution is 6.42. The maximum atomic E-state index is 12.1. The lowest BCUT2D eigenvalue weighted by Gasteiger charge is -2.32. The van der Waals surface area contributed by atoms with Crippen LogP contribution in [0.5, 0.6) is 0 Å². The van der Waals surface area contributed by atoms with Crippen molar-refractivity contribution in [1.82, 2.24) is 10.2 Å². The van der Waals surface area contributed by atoms with Crippen LogP contribution in [0.4, 0.5) is 0 Å². The van der Waals surface area contributed by atoms with Gasteiger partial charge in [0.25, 0.3) is 5.91 Å². The third-order valence-corrected chi connectivity index (χ3v) is 4.05. The monoisotopic (exact) mass is 360 g/mol. The molecule has 0 radical (unpaired) electrons. The number of nitrogens with one attached hydrogen (secondary N) is 1. The fourth-order valence-electron chi connectivity index (χ4n) is 2.10. The molecule has 9 heteroatoms. The van der Waals surface area contributed by atoms with Crippen LogP contribution in [0.25, 0.3) is 0 Å². The molecule has 1 fully saturated rings. The molecule has 0 saturated carbocycles. The molecule has 0 spiro atoms. The molecule has 1 aliphatic heterocycles. The van der Waals surface area contributed by atoms with E-state index in [2.05, 4.69) is 5.32 Å². The first-order chi connectivity index (χ1) is 10.9.